The van der Waals surface area contributed by atoms with Gasteiger partial charge in [0, 0.05) is 43.3 Å². The van der Waals surface area contributed by atoms with Gasteiger partial charge in [0.2, 0.25) is 0 Å². The van der Waals surface area contributed by atoms with Gasteiger partial charge in [-0.25, -0.2) is 0 Å². The van der Waals surface area contributed by atoms with Crippen molar-refractivity contribution in [3.8, 4) is 57.5 Å². The van der Waals surface area contributed by atoms with Crippen molar-refractivity contribution in [2.45, 2.75) is 110 Å². The number of fused-ring (bicyclic) bond motifs is 2. The number of hydrogen-bond acceptors (Lipinski definition) is 10. The predicted molar refractivity (Wildman–Crippen MR) is 271 cm³/mol. The summed E-state index contributed by atoms with van der Waals surface area (Å²) >= 11 is 0. The van der Waals surface area contributed by atoms with Crippen LogP contribution in [0.4, 0.5) is 0 Å². The first kappa shape index (κ1) is 49.5. The molecule has 0 saturated heterocycles. The molecule has 68 heavy (non-hydrogen) atoms. The van der Waals surface area contributed by atoms with Gasteiger partial charge in [0.15, 0.2) is 0 Å². The van der Waals surface area contributed by atoms with Gasteiger partial charge in [-0.3, -0.25) is 4.90 Å². The highest BCUT2D eigenvalue weighted by Gasteiger charge is 2.26. The van der Waals surface area contributed by atoms with Gasteiger partial charge in [-0.15, -0.1) is 0 Å². The molecule has 0 aromatic heterocycles. The lowest BCUT2D eigenvalue weighted by atomic mass is 9.79. The van der Waals surface area contributed by atoms with E-state index in [1.54, 1.807) is 36.4 Å². The molecule has 2 aliphatic rings. The first-order valence-electron chi connectivity index (χ1n) is 24.2. The Kier molecular flexibility index (Phi) is 16.8. The first-order chi connectivity index (χ1) is 32.7. The number of aryl methyl sites for hydroxylation is 2. The molecule has 6 aromatic carbocycles. The van der Waals surface area contributed by atoms with Crippen molar-refractivity contribution in [2.75, 3.05) is 33.4 Å². The van der Waals surface area contributed by atoms with Gasteiger partial charge in [-0.1, -0.05) is 24.3 Å². The molecule has 0 spiro atoms. The van der Waals surface area contributed by atoms with Crippen molar-refractivity contribution in [1.29, 1.82) is 0 Å². The average Bonchev–Trinajstić information content (AvgIpc) is 3.31. The Labute approximate surface area is 403 Å². The van der Waals surface area contributed by atoms with Crippen LogP contribution in [0.25, 0.3) is 0 Å². The Hall–Kier alpha value is -6.36. The molecular formula is C58H70N2O8. The summed E-state index contributed by atoms with van der Waals surface area (Å²) in [6.45, 7) is 16.2. The van der Waals surface area contributed by atoms with Crippen LogP contribution in [0.3, 0.4) is 0 Å². The fourth-order valence-electron chi connectivity index (χ4n) is 9.29. The van der Waals surface area contributed by atoms with Crippen molar-refractivity contribution in [1.82, 2.24) is 9.80 Å². The molecule has 10 nitrogen and oxygen atoms in total. The SMILES string of the molecule is CC(C)N(C)CCOc1ccc(Oc2cc(O)cc3c2CC(c2ccc(O)cc2)CC3)cc1.CC(C)N(CCOc1ccc(Oc2cc(O)cc3c2CC(c2ccc(O)cc2)CC3)cc1)C(C)C. The number of nitrogens with zero attached hydrogens (tertiary/aromatic N) is 2. The molecule has 8 rings (SSSR count). The number of rotatable bonds is 17. The maximum atomic E-state index is 10.3. The molecule has 0 bridgehead atoms. The predicted octanol–water partition coefficient (Wildman–Crippen LogP) is 12.5. The largest absolute Gasteiger partial charge is 0.508 e. The lowest BCUT2D eigenvalue weighted by Gasteiger charge is -2.30. The maximum Gasteiger partial charge on any atom is 0.134 e. The Morgan fingerprint density at radius 2 is 0.853 bits per heavy atom. The number of hydrogen-bond donors (Lipinski definition) is 4. The van der Waals surface area contributed by atoms with Crippen LogP contribution in [-0.4, -0.2) is 81.7 Å². The number of phenols is 4. The Morgan fingerprint density at radius 1 is 0.471 bits per heavy atom. The van der Waals surface area contributed by atoms with Gasteiger partial charge in [-0.2, -0.15) is 0 Å². The van der Waals surface area contributed by atoms with Gasteiger partial charge in [-0.05, 0) is 217 Å². The van der Waals surface area contributed by atoms with E-state index in [0.29, 0.717) is 66.2 Å². The molecule has 360 valence electrons. The molecule has 0 aliphatic heterocycles. The summed E-state index contributed by atoms with van der Waals surface area (Å²) in [4.78, 5) is 4.65. The zero-order valence-electron chi connectivity index (χ0n) is 40.8. The van der Waals surface area contributed by atoms with Gasteiger partial charge in [0.05, 0.1) is 0 Å². The minimum atomic E-state index is 0.223. The van der Waals surface area contributed by atoms with Gasteiger partial charge in [0.1, 0.15) is 70.7 Å². The molecular weight excluding hydrogens is 853 g/mol. The monoisotopic (exact) mass is 923 g/mol. The fraction of sp³-hybridized carbons (Fsp3) is 0.379. The third kappa shape index (κ3) is 13.4. The smallest absolute Gasteiger partial charge is 0.134 e. The van der Waals surface area contributed by atoms with Gasteiger partial charge < -0.3 is 44.3 Å². The molecule has 0 fully saturated rings. The van der Waals surface area contributed by atoms with Crippen molar-refractivity contribution < 1.29 is 39.4 Å². The van der Waals surface area contributed by atoms with Crippen molar-refractivity contribution in [2.24, 2.45) is 0 Å². The maximum absolute atomic E-state index is 10.3. The summed E-state index contributed by atoms with van der Waals surface area (Å²) in [5.74, 6) is 6.15. The van der Waals surface area contributed by atoms with Crippen LogP contribution in [0.5, 0.6) is 57.5 Å². The van der Waals surface area contributed by atoms with E-state index < -0.39 is 0 Å². The van der Waals surface area contributed by atoms with E-state index in [1.807, 2.05) is 84.9 Å². The summed E-state index contributed by atoms with van der Waals surface area (Å²) < 4.78 is 24.3. The second-order valence-corrected chi connectivity index (χ2v) is 19.1. The normalized spacial score (nSPS) is 15.5. The van der Waals surface area contributed by atoms with Crippen LogP contribution in [-0.2, 0) is 25.7 Å². The van der Waals surface area contributed by atoms with Crippen molar-refractivity contribution >= 4 is 0 Å². The van der Waals surface area contributed by atoms with E-state index in [9.17, 15) is 20.4 Å². The lowest BCUT2D eigenvalue weighted by Crippen LogP contribution is -2.39. The zero-order chi connectivity index (χ0) is 48.3. The highest BCUT2D eigenvalue weighted by molar-refractivity contribution is 5.52. The van der Waals surface area contributed by atoms with Crippen LogP contribution in [0.15, 0.2) is 121 Å². The third-order valence-electron chi connectivity index (χ3n) is 13.4. The quantitative estimate of drug-likeness (QED) is 0.0703. The van der Waals surface area contributed by atoms with Crippen molar-refractivity contribution in [3.05, 3.63) is 155 Å². The summed E-state index contributed by atoms with van der Waals surface area (Å²) in [7, 11) is 2.09. The third-order valence-corrected chi connectivity index (χ3v) is 13.4. The minimum absolute atomic E-state index is 0.223. The highest BCUT2D eigenvalue weighted by atomic mass is 16.5. The number of likely N-dealkylation sites (N-methyl/N-ethyl adjacent to an activating group) is 1. The molecule has 10 heteroatoms. The molecule has 0 radical (unpaired) electrons. The molecule has 0 saturated carbocycles. The topological polar surface area (TPSA) is 124 Å². The second-order valence-electron chi connectivity index (χ2n) is 19.1. The number of phenolic OH excluding ortho intramolecular Hbond substituents is 4. The molecule has 2 unspecified atom stereocenters. The molecule has 2 aliphatic carbocycles. The van der Waals surface area contributed by atoms with Crippen molar-refractivity contribution in [3.63, 3.8) is 0 Å². The Morgan fingerprint density at radius 3 is 1.24 bits per heavy atom. The first-order valence-corrected chi connectivity index (χ1v) is 24.2. The van der Waals surface area contributed by atoms with E-state index in [1.165, 1.54) is 11.1 Å². The highest BCUT2D eigenvalue weighted by Crippen LogP contribution is 2.43. The Bertz CT molecular complexity index is 2510. The lowest BCUT2D eigenvalue weighted by molar-refractivity contribution is 0.142. The zero-order valence-corrected chi connectivity index (χ0v) is 40.8. The number of benzene rings is 6. The summed E-state index contributed by atoms with van der Waals surface area (Å²) in [5, 5.41) is 39.8. The van der Waals surface area contributed by atoms with E-state index in [4.69, 9.17) is 18.9 Å². The average molecular weight is 923 g/mol. The minimum Gasteiger partial charge on any atom is -0.508 e. The summed E-state index contributed by atoms with van der Waals surface area (Å²) in [6, 6.07) is 38.8. The molecule has 0 heterocycles. The standard InChI is InChI=1S/C30H37NO4.C28H33NO4/c1-20(2)31(21(3)4)15-16-34-27-11-13-28(14-12-27)35-30-19-26(33)17-24-6-5-23(18-29(24)30)22-7-9-25(32)10-8-22;1-19(2)29(3)14-15-32-25-10-12-26(13-11-25)33-28-18-24(31)16-22-5-4-21(17-27(22)28)20-6-8-23(30)9-7-20/h7-14,17,19-21,23,32-33H,5-6,15-16,18H2,1-4H3;6-13,16,18-19,21,30-31H,4-5,14-15,17H2,1-3H3. The van der Waals surface area contributed by atoms with Gasteiger partial charge >= 0.3 is 0 Å². The Balaban J connectivity index is 0.000000202. The number of aromatic hydroxyl groups is 4. The van der Waals surface area contributed by atoms with E-state index >= 15 is 0 Å². The van der Waals surface area contributed by atoms with Crippen LogP contribution < -0.4 is 18.9 Å². The van der Waals surface area contributed by atoms with E-state index in [0.717, 1.165) is 85.4 Å². The molecule has 2 atom stereocenters. The van der Waals surface area contributed by atoms with Gasteiger partial charge in [0.25, 0.3) is 0 Å². The van der Waals surface area contributed by atoms with Crippen LogP contribution in [0.2, 0.25) is 0 Å². The van der Waals surface area contributed by atoms with Crippen LogP contribution in [0, 0.1) is 0 Å². The summed E-state index contributed by atoms with van der Waals surface area (Å²) in [5.41, 5.74) is 6.96. The van der Waals surface area contributed by atoms with Crippen LogP contribution >= 0.6 is 0 Å². The molecule has 0 amide bonds. The molecule has 6 aromatic rings. The summed E-state index contributed by atoms with van der Waals surface area (Å²) in [6.07, 6.45) is 5.42. The van der Waals surface area contributed by atoms with E-state index in [-0.39, 0.29) is 23.0 Å². The van der Waals surface area contributed by atoms with Crippen LogP contribution in [0.1, 0.15) is 99.6 Å². The number of ether oxygens (including phenoxy) is 4. The van der Waals surface area contributed by atoms with E-state index in [2.05, 4.69) is 58.4 Å². The second kappa shape index (κ2) is 23.1. The molecule has 4 N–H and O–H groups in total. The fourth-order valence-corrected chi connectivity index (χ4v) is 9.29.